The van der Waals surface area contributed by atoms with Crippen molar-refractivity contribution in [3.8, 4) is 0 Å². The fourth-order valence-corrected chi connectivity index (χ4v) is 5.48. The lowest BCUT2D eigenvalue weighted by atomic mass is 9.71. The van der Waals surface area contributed by atoms with Crippen molar-refractivity contribution >= 4 is 6.21 Å². The Labute approximate surface area is 180 Å². The van der Waals surface area contributed by atoms with Crippen LogP contribution in [0, 0.1) is 12.8 Å². The predicted octanol–water partition coefficient (Wildman–Crippen LogP) is 5.71. The highest BCUT2D eigenvalue weighted by Gasteiger charge is 2.46. The van der Waals surface area contributed by atoms with Crippen molar-refractivity contribution in [3.05, 3.63) is 107 Å². The number of rotatable bonds is 5. The molecule has 3 heterocycles. The van der Waals surface area contributed by atoms with Gasteiger partial charge in [0, 0.05) is 18.2 Å². The fourth-order valence-electron chi connectivity index (χ4n) is 5.48. The van der Waals surface area contributed by atoms with Gasteiger partial charge in [-0.25, -0.2) is 0 Å². The van der Waals surface area contributed by atoms with Crippen molar-refractivity contribution in [3.63, 3.8) is 0 Å². The van der Waals surface area contributed by atoms with Crippen LogP contribution < -0.4 is 0 Å². The van der Waals surface area contributed by atoms with Gasteiger partial charge in [-0.15, -0.1) is 0 Å². The van der Waals surface area contributed by atoms with Gasteiger partial charge in [-0.3, -0.25) is 9.89 Å². The summed E-state index contributed by atoms with van der Waals surface area (Å²) < 4.78 is 0. The van der Waals surface area contributed by atoms with Crippen molar-refractivity contribution in [2.75, 3.05) is 13.1 Å². The first kappa shape index (κ1) is 19.3. The normalized spacial score (nSPS) is 25.8. The van der Waals surface area contributed by atoms with E-state index in [1.807, 2.05) is 0 Å². The molecule has 3 aromatic rings. The van der Waals surface area contributed by atoms with E-state index in [-0.39, 0.29) is 0 Å². The first-order valence-electron chi connectivity index (χ1n) is 11.2. The van der Waals surface area contributed by atoms with Crippen LogP contribution in [0.2, 0.25) is 0 Å². The summed E-state index contributed by atoms with van der Waals surface area (Å²) in [5, 5.41) is 0. The van der Waals surface area contributed by atoms with Crippen molar-refractivity contribution in [1.82, 2.24) is 4.90 Å². The highest BCUT2D eigenvalue weighted by molar-refractivity contribution is 5.81. The third-order valence-corrected chi connectivity index (χ3v) is 7.06. The zero-order valence-corrected chi connectivity index (χ0v) is 17.7. The molecule has 30 heavy (non-hydrogen) atoms. The molecule has 2 atom stereocenters. The van der Waals surface area contributed by atoms with E-state index in [9.17, 15) is 0 Å². The Morgan fingerprint density at radius 3 is 1.97 bits per heavy atom. The lowest BCUT2D eigenvalue weighted by Gasteiger charge is -2.52. The number of piperidine rings is 3. The molecular weight excluding hydrogens is 364 g/mol. The van der Waals surface area contributed by atoms with Crippen LogP contribution in [0.4, 0.5) is 0 Å². The number of nitrogens with zero attached hydrogens (tertiary/aromatic N) is 2. The van der Waals surface area contributed by atoms with Crippen molar-refractivity contribution < 1.29 is 0 Å². The molecule has 0 amide bonds. The molecule has 0 unspecified atom stereocenters. The molecule has 0 N–H and O–H groups in total. The van der Waals surface area contributed by atoms with Gasteiger partial charge in [-0.2, -0.15) is 0 Å². The van der Waals surface area contributed by atoms with E-state index in [4.69, 9.17) is 4.99 Å². The predicted molar refractivity (Wildman–Crippen MR) is 125 cm³/mol. The Hall–Kier alpha value is -2.71. The largest absolute Gasteiger partial charge is 0.297 e. The molecule has 2 heteroatoms. The summed E-state index contributed by atoms with van der Waals surface area (Å²) in [6, 6.07) is 31.4. The van der Waals surface area contributed by atoms with Crippen LogP contribution in [0.15, 0.2) is 89.9 Å². The molecule has 3 aliphatic heterocycles. The highest BCUT2D eigenvalue weighted by Crippen LogP contribution is 2.43. The van der Waals surface area contributed by atoms with Gasteiger partial charge in [0.25, 0.3) is 0 Å². The Balaban J connectivity index is 1.56. The van der Waals surface area contributed by atoms with Gasteiger partial charge in [0.05, 0.1) is 6.04 Å². The van der Waals surface area contributed by atoms with Gasteiger partial charge in [-0.05, 0) is 61.0 Å². The smallest absolute Gasteiger partial charge is 0.0693 e. The number of benzene rings is 3. The Bertz CT molecular complexity index is 948. The van der Waals surface area contributed by atoms with Gasteiger partial charge >= 0.3 is 0 Å². The van der Waals surface area contributed by atoms with Crippen molar-refractivity contribution in [2.45, 2.75) is 37.8 Å². The minimum Gasteiger partial charge on any atom is -0.297 e. The van der Waals surface area contributed by atoms with Gasteiger partial charge < -0.3 is 0 Å². The molecule has 0 aromatic heterocycles. The zero-order valence-electron chi connectivity index (χ0n) is 17.7. The summed E-state index contributed by atoms with van der Waals surface area (Å²) in [7, 11) is 0. The molecule has 3 fully saturated rings. The molecule has 0 aliphatic carbocycles. The maximum atomic E-state index is 5.28. The molecule has 0 spiro atoms. The number of aryl methyl sites for hydroxylation is 1. The molecular formula is C28H30N2. The quantitative estimate of drug-likeness (QED) is 0.506. The van der Waals surface area contributed by atoms with Crippen molar-refractivity contribution in [2.24, 2.45) is 10.9 Å². The number of hydrogen-bond acceptors (Lipinski definition) is 2. The van der Waals surface area contributed by atoms with E-state index < -0.39 is 0 Å². The van der Waals surface area contributed by atoms with E-state index in [1.54, 1.807) is 0 Å². The third-order valence-electron chi connectivity index (χ3n) is 7.06. The lowest BCUT2D eigenvalue weighted by Crippen LogP contribution is -2.59. The van der Waals surface area contributed by atoms with Gasteiger partial charge in [0.15, 0.2) is 0 Å². The van der Waals surface area contributed by atoms with Crippen LogP contribution in [0.25, 0.3) is 0 Å². The van der Waals surface area contributed by atoms with Gasteiger partial charge in [0.1, 0.15) is 0 Å². The molecule has 0 radical (unpaired) electrons. The summed E-state index contributed by atoms with van der Waals surface area (Å²) in [6.07, 6.45) is 4.67. The number of aliphatic imine (C=N–C) groups is 1. The van der Waals surface area contributed by atoms with Crippen LogP contribution in [0.1, 0.15) is 41.0 Å². The average Bonchev–Trinajstić information content (AvgIpc) is 2.81. The summed E-state index contributed by atoms with van der Waals surface area (Å²) >= 11 is 0. The zero-order chi connectivity index (χ0) is 20.3. The number of hydrogen-bond donors (Lipinski definition) is 0. The molecule has 6 rings (SSSR count). The average molecular weight is 395 g/mol. The van der Waals surface area contributed by atoms with Gasteiger partial charge in [0.2, 0.25) is 0 Å². The van der Waals surface area contributed by atoms with Crippen molar-refractivity contribution in [1.29, 1.82) is 0 Å². The fraction of sp³-hybridized carbons (Fsp3) is 0.321. The molecule has 2 nitrogen and oxygen atoms in total. The van der Waals surface area contributed by atoms with Gasteiger partial charge in [-0.1, -0.05) is 84.9 Å². The van der Waals surface area contributed by atoms with Crippen LogP contribution in [-0.4, -0.2) is 36.3 Å². The maximum Gasteiger partial charge on any atom is 0.0693 e. The summed E-state index contributed by atoms with van der Waals surface area (Å²) in [5.41, 5.74) is 5.33. The monoisotopic (exact) mass is 394 g/mol. The number of fused-ring (bicyclic) bond motifs is 3. The van der Waals surface area contributed by atoms with E-state index in [0.717, 1.165) is 0 Å². The summed E-state index contributed by atoms with van der Waals surface area (Å²) in [4.78, 5) is 8.00. The summed E-state index contributed by atoms with van der Waals surface area (Å²) in [5.74, 6) is 1.02. The van der Waals surface area contributed by atoms with E-state index in [2.05, 4.69) is 103 Å². The second-order valence-corrected chi connectivity index (χ2v) is 8.79. The minimum atomic E-state index is 0.331. The molecule has 3 aromatic carbocycles. The second kappa shape index (κ2) is 8.57. The van der Waals surface area contributed by atoms with Crippen LogP contribution in [0.3, 0.4) is 0 Å². The summed E-state index contributed by atoms with van der Waals surface area (Å²) in [6.45, 7) is 4.57. The SMILES string of the molecule is Cc1ccccc1C=N[C@@H]1C2CCN(CC2)[C@@H]1C(c1ccccc1)c1ccccc1. The topological polar surface area (TPSA) is 15.6 Å². The van der Waals surface area contributed by atoms with Crippen LogP contribution in [0.5, 0.6) is 0 Å². The molecule has 0 saturated carbocycles. The lowest BCUT2D eigenvalue weighted by molar-refractivity contribution is 0.0215. The first-order chi connectivity index (χ1) is 14.8. The first-order valence-corrected chi connectivity index (χ1v) is 11.2. The van der Waals surface area contributed by atoms with Crippen LogP contribution in [-0.2, 0) is 0 Å². The van der Waals surface area contributed by atoms with Crippen LogP contribution >= 0.6 is 0 Å². The molecule has 3 saturated heterocycles. The van der Waals surface area contributed by atoms with E-state index >= 15 is 0 Å². The standard InChI is InChI=1S/C28H30N2/c1-21-10-8-9-15-25(21)20-29-27-24-16-18-30(19-17-24)28(27)26(22-11-4-2-5-12-22)23-13-6-3-7-14-23/h2-15,20,24,26-28H,16-19H2,1H3/t27-,28-/m1/s1. The second-order valence-electron chi connectivity index (χ2n) is 8.79. The van der Waals surface area contributed by atoms with E-state index in [0.29, 0.717) is 23.9 Å². The third kappa shape index (κ3) is 3.73. The molecule has 3 aliphatic rings. The highest BCUT2D eigenvalue weighted by atomic mass is 15.2. The minimum absolute atomic E-state index is 0.331. The Morgan fingerprint density at radius 1 is 0.800 bits per heavy atom. The van der Waals surface area contributed by atoms with E-state index in [1.165, 1.54) is 48.2 Å². The maximum absolute atomic E-state index is 5.28. The molecule has 152 valence electrons. The Morgan fingerprint density at radius 2 is 1.37 bits per heavy atom. The Kier molecular flexibility index (Phi) is 5.50. The molecule has 2 bridgehead atoms.